The third kappa shape index (κ3) is 3.94. The van der Waals surface area contributed by atoms with Gasteiger partial charge >= 0.3 is 6.03 Å². The van der Waals surface area contributed by atoms with Crippen molar-refractivity contribution >= 4 is 11.8 Å². The molecule has 1 aliphatic rings. The van der Waals surface area contributed by atoms with Crippen molar-refractivity contribution in [3.8, 4) is 0 Å². The lowest BCUT2D eigenvalue weighted by molar-refractivity contribution is 0.202. The maximum atomic E-state index is 12.3. The molecule has 0 spiro atoms. The van der Waals surface area contributed by atoms with Crippen LogP contribution in [0.25, 0.3) is 0 Å². The van der Waals surface area contributed by atoms with E-state index in [9.17, 15) is 4.79 Å². The van der Waals surface area contributed by atoms with Crippen molar-refractivity contribution in [3.05, 3.63) is 23.4 Å². The number of anilines is 1. The van der Waals surface area contributed by atoms with Gasteiger partial charge in [-0.05, 0) is 51.1 Å². The second-order valence-electron chi connectivity index (χ2n) is 5.71. The van der Waals surface area contributed by atoms with Gasteiger partial charge in [0.05, 0.1) is 0 Å². The highest BCUT2D eigenvalue weighted by molar-refractivity contribution is 5.88. The molecule has 2 amide bonds. The summed E-state index contributed by atoms with van der Waals surface area (Å²) in [6.45, 7) is 12.0. The zero-order chi connectivity index (χ0) is 15.4. The Kier molecular flexibility index (Phi) is 5.17. The number of aromatic nitrogens is 1. The van der Waals surface area contributed by atoms with E-state index >= 15 is 0 Å². The van der Waals surface area contributed by atoms with Gasteiger partial charge in [-0.3, -0.25) is 10.2 Å². The molecule has 0 aromatic carbocycles. The number of hydrogen-bond donors (Lipinski definition) is 1. The topological polar surface area (TPSA) is 48.5 Å². The van der Waals surface area contributed by atoms with Gasteiger partial charge in [0.25, 0.3) is 0 Å². The molecule has 1 aromatic heterocycles. The molecule has 116 valence electrons. The fourth-order valence-corrected chi connectivity index (χ4v) is 3.06. The quantitative estimate of drug-likeness (QED) is 0.927. The molecule has 5 nitrogen and oxygen atoms in total. The van der Waals surface area contributed by atoms with Gasteiger partial charge in [-0.15, -0.1) is 0 Å². The molecule has 1 atom stereocenters. The number of likely N-dealkylation sites (tertiary alicyclic amines) is 1. The molecular weight excluding hydrogens is 264 g/mol. The zero-order valence-electron chi connectivity index (χ0n) is 13.5. The van der Waals surface area contributed by atoms with E-state index in [2.05, 4.69) is 29.0 Å². The molecule has 0 saturated carbocycles. The number of aryl methyl sites for hydroxylation is 2. The van der Waals surface area contributed by atoms with E-state index < -0.39 is 0 Å². The number of hydrogen-bond acceptors (Lipinski definition) is 3. The van der Waals surface area contributed by atoms with Crippen LogP contribution >= 0.6 is 0 Å². The van der Waals surface area contributed by atoms with E-state index in [1.54, 1.807) is 0 Å². The Balaban J connectivity index is 1.95. The monoisotopic (exact) mass is 290 g/mol. The lowest BCUT2D eigenvalue weighted by Gasteiger charge is -2.26. The Hall–Kier alpha value is -1.62. The molecule has 1 saturated heterocycles. The summed E-state index contributed by atoms with van der Waals surface area (Å²) in [5.41, 5.74) is 2.04. The standard InChI is InChI=1S/C16H26N4O/c1-5-19(6-2)14-7-8-20(11-14)16(21)18-15-10-12(3)9-13(4)17-15/h9-10,14H,5-8,11H2,1-4H3,(H,17,18,21). The molecule has 2 rings (SSSR count). The fourth-order valence-electron chi connectivity index (χ4n) is 3.06. The predicted molar refractivity (Wildman–Crippen MR) is 85.6 cm³/mol. The summed E-state index contributed by atoms with van der Waals surface area (Å²) in [6, 6.07) is 4.35. The lowest BCUT2D eigenvalue weighted by atomic mass is 10.2. The number of carbonyl (C=O) groups is 1. The molecule has 21 heavy (non-hydrogen) atoms. The third-order valence-electron chi connectivity index (χ3n) is 4.11. The van der Waals surface area contributed by atoms with Crippen LogP contribution in [0.15, 0.2) is 12.1 Å². The molecule has 5 heteroatoms. The van der Waals surface area contributed by atoms with Gasteiger partial charge in [0, 0.05) is 24.8 Å². The van der Waals surface area contributed by atoms with Gasteiger partial charge in [-0.2, -0.15) is 0 Å². The highest BCUT2D eigenvalue weighted by Gasteiger charge is 2.29. The molecule has 1 unspecified atom stereocenters. The Labute approximate surface area is 127 Å². The number of urea groups is 1. The minimum atomic E-state index is -0.0397. The molecule has 1 fully saturated rings. The molecule has 1 aromatic rings. The molecule has 2 heterocycles. The van der Waals surface area contributed by atoms with E-state index in [0.717, 1.165) is 43.9 Å². The number of rotatable bonds is 4. The second kappa shape index (κ2) is 6.89. The van der Waals surface area contributed by atoms with Crippen molar-refractivity contribution in [2.75, 3.05) is 31.5 Å². The first-order chi connectivity index (χ1) is 10.0. The van der Waals surface area contributed by atoms with Crippen LogP contribution in [0.4, 0.5) is 10.6 Å². The van der Waals surface area contributed by atoms with Gasteiger partial charge in [0.1, 0.15) is 5.82 Å². The first-order valence-corrected chi connectivity index (χ1v) is 7.78. The Morgan fingerprint density at radius 2 is 2.10 bits per heavy atom. The van der Waals surface area contributed by atoms with Gasteiger partial charge < -0.3 is 4.90 Å². The van der Waals surface area contributed by atoms with E-state index in [4.69, 9.17) is 0 Å². The van der Waals surface area contributed by atoms with Crippen LogP contribution in [-0.2, 0) is 0 Å². The number of pyridine rings is 1. The summed E-state index contributed by atoms with van der Waals surface area (Å²) in [6.07, 6.45) is 1.05. The zero-order valence-corrected chi connectivity index (χ0v) is 13.5. The first kappa shape index (κ1) is 15.8. The van der Waals surface area contributed by atoms with Gasteiger partial charge in [-0.25, -0.2) is 9.78 Å². The van der Waals surface area contributed by atoms with Crippen molar-refractivity contribution in [1.29, 1.82) is 0 Å². The SMILES string of the molecule is CCN(CC)C1CCN(C(=O)Nc2cc(C)cc(C)n2)C1. The van der Waals surface area contributed by atoms with Crippen LogP contribution in [-0.4, -0.2) is 53.0 Å². The minimum absolute atomic E-state index is 0.0397. The van der Waals surface area contributed by atoms with Crippen LogP contribution < -0.4 is 5.32 Å². The third-order valence-corrected chi connectivity index (χ3v) is 4.11. The average Bonchev–Trinajstić information content (AvgIpc) is 2.88. The van der Waals surface area contributed by atoms with Crippen molar-refractivity contribution in [2.24, 2.45) is 0 Å². The largest absolute Gasteiger partial charge is 0.323 e. The molecule has 1 N–H and O–H groups in total. The molecule has 0 bridgehead atoms. The van der Waals surface area contributed by atoms with Gasteiger partial charge in [0.2, 0.25) is 0 Å². The molecule has 1 aliphatic heterocycles. The van der Waals surface area contributed by atoms with Crippen molar-refractivity contribution in [1.82, 2.24) is 14.8 Å². The van der Waals surface area contributed by atoms with Crippen LogP contribution in [0, 0.1) is 13.8 Å². The van der Waals surface area contributed by atoms with Crippen molar-refractivity contribution < 1.29 is 4.79 Å². The molecule has 0 radical (unpaired) electrons. The highest BCUT2D eigenvalue weighted by Crippen LogP contribution is 2.17. The normalized spacial score (nSPS) is 18.3. The molecule has 0 aliphatic carbocycles. The highest BCUT2D eigenvalue weighted by atomic mass is 16.2. The number of nitrogens with one attached hydrogen (secondary N) is 1. The van der Waals surface area contributed by atoms with E-state index in [0.29, 0.717) is 11.9 Å². The Bertz CT molecular complexity index is 479. The van der Waals surface area contributed by atoms with E-state index in [-0.39, 0.29) is 6.03 Å². The van der Waals surface area contributed by atoms with Crippen LogP contribution in [0.3, 0.4) is 0 Å². The summed E-state index contributed by atoms with van der Waals surface area (Å²) in [5.74, 6) is 0.642. The average molecular weight is 290 g/mol. The first-order valence-electron chi connectivity index (χ1n) is 7.78. The predicted octanol–water partition coefficient (Wildman–Crippen LogP) is 2.65. The van der Waals surface area contributed by atoms with Crippen LogP contribution in [0.2, 0.25) is 0 Å². The molecular formula is C16H26N4O. The van der Waals surface area contributed by atoms with Crippen molar-refractivity contribution in [2.45, 2.75) is 40.2 Å². The summed E-state index contributed by atoms with van der Waals surface area (Å²) in [5, 5.41) is 2.92. The maximum Gasteiger partial charge on any atom is 0.323 e. The summed E-state index contributed by atoms with van der Waals surface area (Å²) in [4.78, 5) is 21.0. The number of amides is 2. The summed E-state index contributed by atoms with van der Waals surface area (Å²) >= 11 is 0. The second-order valence-corrected chi connectivity index (χ2v) is 5.71. The number of likely N-dealkylation sites (N-methyl/N-ethyl adjacent to an activating group) is 1. The van der Waals surface area contributed by atoms with E-state index in [1.165, 1.54) is 0 Å². The number of carbonyl (C=O) groups excluding carboxylic acids is 1. The maximum absolute atomic E-state index is 12.3. The summed E-state index contributed by atoms with van der Waals surface area (Å²) in [7, 11) is 0. The smallest absolute Gasteiger partial charge is 0.323 e. The number of nitrogens with zero attached hydrogens (tertiary/aromatic N) is 3. The van der Waals surface area contributed by atoms with Crippen LogP contribution in [0.1, 0.15) is 31.5 Å². The minimum Gasteiger partial charge on any atom is -0.323 e. The fraction of sp³-hybridized carbons (Fsp3) is 0.625. The Morgan fingerprint density at radius 1 is 1.38 bits per heavy atom. The van der Waals surface area contributed by atoms with Crippen molar-refractivity contribution in [3.63, 3.8) is 0 Å². The van der Waals surface area contributed by atoms with Gasteiger partial charge in [-0.1, -0.05) is 13.8 Å². The summed E-state index contributed by atoms with van der Waals surface area (Å²) < 4.78 is 0. The Morgan fingerprint density at radius 3 is 2.71 bits per heavy atom. The van der Waals surface area contributed by atoms with Crippen LogP contribution in [0.5, 0.6) is 0 Å². The lowest BCUT2D eigenvalue weighted by Crippen LogP contribution is -2.39. The van der Waals surface area contributed by atoms with E-state index in [1.807, 2.05) is 30.9 Å². The van der Waals surface area contributed by atoms with Gasteiger partial charge in [0.15, 0.2) is 0 Å².